The third-order valence-corrected chi connectivity index (χ3v) is 11.7. The molecule has 0 saturated carbocycles. The minimum Gasteiger partial charge on any atom is -0.204 e. The fourth-order valence-electron chi connectivity index (χ4n) is 6.45. The second-order valence-electron chi connectivity index (χ2n) is 11.5. The summed E-state index contributed by atoms with van der Waals surface area (Å²) in [6, 6.07) is 7.58. The summed E-state index contributed by atoms with van der Waals surface area (Å²) in [7, 11) is -2.21. The minimum atomic E-state index is -2.59. The smallest absolute Gasteiger partial charge is 0.204 e. The van der Waals surface area contributed by atoms with E-state index in [1.165, 1.54) is 6.92 Å². The average molecular weight is 669 g/mol. The Labute approximate surface area is 262 Å². The molecule has 4 aromatic carbocycles. The Hall–Kier alpha value is -3.59. The molecule has 0 saturated heterocycles. The maximum Gasteiger partial charge on any atom is 0.256 e. The highest BCUT2D eigenvalue weighted by atomic mass is 31.1. The molecule has 0 N–H and O–H groups in total. The Balaban J connectivity index is 2.14. The van der Waals surface area contributed by atoms with Gasteiger partial charge in [0.1, 0.15) is 10.6 Å². The SMILES string of the molecule is C/C=C(\C[PH+](c1c(C)cc(C)cc1C)c1c(C)cc(C)cc1C)B(c1c(F)c(F)c(F)c(F)c1F)c1c(F)c(F)c(F)c(F)c1F. The van der Waals surface area contributed by atoms with Gasteiger partial charge in [0.25, 0.3) is 6.71 Å². The van der Waals surface area contributed by atoms with Gasteiger partial charge in [-0.05, 0) is 70.7 Å². The van der Waals surface area contributed by atoms with Gasteiger partial charge in [-0.1, -0.05) is 46.9 Å². The van der Waals surface area contributed by atoms with Gasteiger partial charge >= 0.3 is 0 Å². The van der Waals surface area contributed by atoms with E-state index in [2.05, 4.69) is 0 Å². The second kappa shape index (κ2) is 13.3. The van der Waals surface area contributed by atoms with Gasteiger partial charge in [0.05, 0.1) is 14.1 Å². The summed E-state index contributed by atoms with van der Waals surface area (Å²) in [4.78, 5) is 0. The first-order valence-corrected chi connectivity index (χ1v) is 15.8. The van der Waals surface area contributed by atoms with Crippen LogP contribution in [0.1, 0.15) is 40.3 Å². The quantitative estimate of drug-likeness (QED) is 0.0618. The third-order valence-electron chi connectivity index (χ3n) is 8.14. The molecule has 0 aliphatic carbocycles. The predicted octanol–water partition coefficient (Wildman–Crippen LogP) is 7.89. The molecule has 242 valence electrons. The van der Waals surface area contributed by atoms with Crippen molar-refractivity contribution >= 4 is 36.2 Å². The van der Waals surface area contributed by atoms with Crippen molar-refractivity contribution in [2.45, 2.75) is 48.5 Å². The van der Waals surface area contributed by atoms with E-state index in [1.807, 2.05) is 65.8 Å². The Morgan fingerprint density at radius 3 is 1.02 bits per heavy atom. The third kappa shape index (κ3) is 5.99. The van der Waals surface area contributed by atoms with Crippen LogP contribution in [0.3, 0.4) is 0 Å². The lowest BCUT2D eigenvalue weighted by Gasteiger charge is -2.25. The molecule has 0 aromatic heterocycles. The first-order valence-electron chi connectivity index (χ1n) is 14.1. The average Bonchev–Trinajstić information content (AvgIpc) is 2.97. The van der Waals surface area contributed by atoms with Crippen molar-refractivity contribution < 1.29 is 43.9 Å². The van der Waals surface area contributed by atoms with Crippen molar-refractivity contribution in [3.05, 3.63) is 127 Å². The summed E-state index contributed by atoms with van der Waals surface area (Å²) in [6.07, 6.45) is 0.892. The van der Waals surface area contributed by atoms with Gasteiger partial charge in [-0.15, -0.1) is 0 Å². The maximum absolute atomic E-state index is 15.5. The number of halogens is 10. The summed E-state index contributed by atoms with van der Waals surface area (Å²) in [5.74, 6) is -24.6. The molecule has 4 aromatic rings. The van der Waals surface area contributed by atoms with E-state index in [9.17, 15) is 26.3 Å². The lowest BCUT2D eigenvalue weighted by atomic mass is 9.35. The molecule has 0 aliphatic heterocycles. The molecule has 0 fully saturated rings. The van der Waals surface area contributed by atoms with Crippen molar-refractivity contribution in [2.75, 3.05) is 6.16 Å². The van der Waals surface area contributed by atoms with E-state index < -0.39 is 83.7 Å². The molecule has 0 nitrogen and oxygen atoms in total. The molecule has 0 spiro atoms. The molecule has 4 rings (SSSR count). The van der Waals surface area contributed by atoms with E-state index in [0.717, 1.165) is 50.1 Å². The molecule has 0 amide bonds. The number of aryl methyl sites for hydroxylation is 6. The maximum atomic E-state index is 15.5. The fraction of sp³-hybridized carbons (Fsp3) is 0.235. The summed E-state index contributed by atoms with van der Waals surface area (Å²) >= 11 is 0. The largest absolute Gasteiger partial charge is 0.256 e. The number of hydrogen-bond acceptors (Lipinski definition) is 0. The normalized spacial score (nSPS) is 12.0. The lowest BCUT2D eigenvalue weighted by Crippen LogP contribution is -2.53. The highest BCUT2D eigenvalue weighted by molar-refractivity contribution is 7.73. The first kappa shape index (κ1) is 35.3. The Morgan fingerprint density at radius 2 is 0.761 bits per heavy atom. The standard InChI is InChI=1S/C34H28BF10P/c1-8-20(13-46(33-16(4)9-14(2)10-17(33)5)34-18(6)11-15(3)12-19(34)7)35(21-23(36)27(40)31(44)28(41)24(21)37)22-25(38)29(42)32(45)30(43)26(22)39/h8-12H,13H2,1-7H3/p+1/b20-8+. The van der Waals surface area contributed by atoms with E-state index in [1.54, 1.807) is 0 Å². The summed E-state index contributed by atoms with van der Waals surface area (Å²) in [5.41, 5.74) is 1.31. The molecule has 12 heteroatoms. The predicted molar refractivity (Wildman–Crippen MR) is 165 cm³/mol. The Morgan fingerprint density at radius 1 is 0.500 bits per heavy atom. The molecule has 0 atom stereocenters. The topological polar surface area (TPSA) is 0 Å². The molecular weight excluding hydrogens is 640 g/mol. The van der Waals surface area contributed by atoms with Crippen molar-refractivity contribution in [3.8, 4) is 0 Å². The highest BCUT2D eigenvalue weighted by Crippen LogP contribution is 2.42. The van der Waals surface area contributed by atoms with Crippen LogP contribution in [0.2, 0.25) is 0 Å². The zero-order valence-electron chi connectivity index (χ0n) is 26.0. The van der Waals surface area contributed by atoms with Crippen LogP contribution in [0.4, 0.5) is 43.9 Å². The monoisotopic (exact) mass is 669 g/mol. The van der Waals surface area contributed by atoms with Crippen molar-refractivity contribution in [1.82, 2.24) is 0 Å². The molecule has 0 aliphatic rings. The number of allylic oxidation sites excluding steroid dienone is 2. The van der Waals surface area contributed by atoms with E-state index >= 15 is 17.6 Å². The molecule has 0 radical (unpaired) electrons. The van der Waals surface area contributed by atoms with Gasteiger partial charge in [0.2, 0.25) is 0 Å². The molecule has 0 unspecified atom stereocenters. The van der Waals surface area contributed by atoms with Crippen LogP contribution in [-0.4, -0.2) is 12.9 Å². The number of rotatable bonds is 7. The van der Waals surface area contributed by atoms with Gasteiger partial charge < -0.3 is 0 Å². The molecule has 46 heavy (non-hydrogen) atoms. The van der Waals surface area contributed by atoms with Crippen LogP contribution in [0.5, 0.6) is 0 Å². The van der Waals surface area contributed by atoms with Crippen molar-refractivity contribution in [3.63, 3.8) is 0 Å². The number of benzene rings is 4. The van der Waals surface area contributed by atoms with Crippen LogP contribution < -0.4 is 21.5 Å². The van der Waals surface area contributed by atoms with Crippen molar-refractivity contribution in [1.29, 1.82) is 0 Å². The van der Waals surface area contributed by atoms with E-state index in [4.69, 9.17) is 0 Å². The summed E-state index contributed by atoms with van der Waals surface area (Å²) in [6.45, 7) is 9.79. The van der Waals surface area contributed by atoms with Gasteiger partial charge in [0.15, 0.2) is 58.2 Å². The molecule has 0 heterocycles. The lowest BCUT2D eigenvalue weighted by molar-refractivity contribution is 0.382. The minimum absolute atomic E-state index is 0.264. The molecular formula is C34H29BF10P+. The Bertz CT molecular complexity index is 1690. The van der Waals surface area contributed by atoms with Crippen LogP contribution >= 0.6 is 7.92 Å². The molecule has 0 bridgehead atoms. The van der Waals surface area contributed by atoms with Crippen LogP contribution in [0, 0.1) is 99.7 Å². The summed E-state index contributed by atoms with van der Waals surface area (Å²) < 4.78 is 148. The van der Waals surface area contributed by atoms with Crippen molar-refractivity contribution in [2.24, 2.45) is 0 Å². The van der Waals surface area contributed by atoms with Crippen LogP contribution in [0.15, 0.2) is 35.8 Å². The van der Waals surface area contributed by atoms with Gasteiger partial charge in [-0.3, -0.25) is 0 Å². The van der Waals surface area contributed by atoms with Gasteiger partial charge in [-0.25, -0.2) is 43.9 Å². The zero-order chi connectivity index (χ0) is 34.5. The van der Waals surface area contributed by atoms with Crippen LogP contribution in [0.25, 0.3) is 0 Å². The highest BCUT2D eigenvalue weighted by Gasteiger charge is 2.44. The zero-order valence-corrected chi connectivity index (χ0v) is 27.0. The second-order valence-corrected chi connectivity index (χ2v) is 13.8. The van der Waals surface area contributed by atoms with Gasteiger partial charge in [0, 0.05) is 10.9 Å². The van der Waals surface area contributed by atoms with Gasteiger partial charge in [-0.2, -0.15) is 0 Å². The number of hydrogen-bond donors (Lipinski definition) is 0. The van der Waals surface area contributed by atoms with E-state index in [0.29, 0.717) is 0 Å². The fourth-order valence-corrected chi connectivity index (χ4v) is 10.1. The summed E-state index contributed by atoms with van der Waals surface area (Å²) in [5, 5.41) is 1.61. The Kier molecular flexibility index (Phi) is 10.2. The van der Waals surface area contributed by atoms with E-state index in [-0.39, 0.29) is 11.6 Å². The van der Waals surface area contributed by atoms with Crippen LogP contribution in [-0.2, 0) is 0 Å². The first-order chi connectivity index (χ1) is 21.4.